The average molecular weight is 699 g/mol. The average Bonchev–Trinajstić information content (AvgIpc) is 2.86. The molecular weight excluding hydrogens is 666 g/mol. The van der Waals surface area contributed by atoms with Gasteiger partial charge < -0.3 is 10.1 Å². The van der Waals surface area contributed by atoms with Gasteiger partial charge in [0.05, 0.1) is 5.76 Å². The maximum absolute atomic E-state index is 13.7. The van der Waals surface area contributed by atoms with E-state index in [2.05, 4.69) is 70.2 Å². The number of hydrogen-bond donors (Lipinski definition) is 1. The number of benzene rings is 4. The second-order valence-electron chi connectivity index (χ2n) is 10.3. The molecule has 5 heteroatoms. The molecule has 1 aromatic heterocycles. The van der Waals surface area contributed by atoms with Crippen LogP contribution in [0.3, 0.4) is 0 Å². The van der Waals surface area contributed by atoms with Crippen molar-refractivity contribution in [1.29, 1.82) is 0 Å². The first-order valence-corrected chi connectivity index (χ1v) is 12.9. The Balaban J connectivity index is 0.000000468. The molecule has 0 saturated carbocycles. The molecule has 0 aliphatic carbocycles. The molecule has 1 heterocycles. The summed E-state index contributed by atoms with van der Waals surface area (Å²) in [5.41, 5.74) is 4.53. The van der Waals surface area contributed by atoms with Gasteiger partial charge in [-0.15, -0.1) is 34.9 Å². The smallest absolute Gasteiger partial charge is 0.155 e. The topological polar surface area (TPSA) is 50.2 Å². The molecule has 5 aromatic rings. The van der Waals surface area contributed by atoms with Crippen LogP contribution in [0.4, 0.5) is 4.39 Å². The van der Waals surface area contributed by atoms with Crippen LogP contribution >= 0.6 is 0 Å². The number of pyridine rings is 1. The molecule has 39 heavy (non-hydrogen) atoms. The van der Waals surface area contributed by atoms with Crippen molar-refractivity contribution in [3.8, 4) is 11.3 Å². The summed E-state index contributed by atoms with van der Waals surface area (Å²) in [6.07, 6.45) is 3.05. The molecule has 0 aliphatic heterocycles. The van der Waals surface area contributed by atoms with Crippen LogP contribution in [0.15, 0.2) is 78.7 Å². The van der Waals surface area contributed by atoms with Gasteiger partial charge in [0, 0.05) is 32.4 Å². The van der Waals surface area contributed by atoms with Gasteiger partial charge in [0.1, 0.15) is 5.82 Å². The summed E-state index contributed by atoms with van der Waals surface area (Å²) in [5.74, 6) is 0.571. The van der Waals surface area contributed by atoms with E-state index in [0.717, 1.165) is 43.6 Å². The van der Waals surface area contributed by atoms with Gasteiger partial charge in [-0.2, -0.15) is 0 Å². The van der Waals surface area contributed by atoms with Crippen LogP contribution < -0.4 is 0 Å². The number of rotatable bonds is 4. The van der Waals surface area contributed by atoms with Gasteiger partial charge in [0.15, 0.2) is 5.78 Å². The number of aliphatic hydroxyl groups excluding tert-OH is 1. The first kappa shape index (κ1) is 30.1. The van der Waals surface area contributed by atoms with Crippen molar-refractivity contribution in [1.82, 2.24) is 4.98 Å². The van der Waals surface area contributed by atoms with E-state index in [1.165, 1.54) is 37.1 Å². The van der Waals surface area contributed by atoms with E-state index in [9.17, 15) is 9.18 Å². The quantitative estimate of drug-likeness (QED) is 0.0881. The molecule has 1 radical (unpaired) electrons. The summed E-state index contributed by atoms with van der Waals surface area (Å²) in [7, 11) is 0. The Morgan fingerprint density at radius 2 is 1.46 bits per heavy atom. The summed E-state index contributed by atoms with van der Waals surface area (Å²) in [5, 5.41) is 14.9. The number of carbonyl (C=O) groups is 1. The monoisotopic (exact) mass is 699 g/mol. The minimum Gasteiger partial charge on any atom is -0.512 e. The molecule has 3 nitrogen and oxygen atoms in total. The fraction of sp³-hybridized carbons (Fsp3) is 0.235. The predicted octanol–water partition coefficient (Wildman–Crippen LogP) is 9.43. The van der Waals surface area contributed by atoms with Gasteiger partial charge >= 0.3 is 0 Å². The van der Waals surface area contributed by atoms with E-state index in [4.69, 9.17) is 10.1 Å². The summed E-state index contributed by atoms with van der Waals surface area (Å²) >= 11 is 0. The van der Waals surface area contributed by atoms with E-state index < -0.39 is 0 Å². The summed E-state index contributed by atoms with van der Waals surface area (Å²) in [6, 6.07) is 23.6. The Morgan fingerprint density at radius 1 is 0.846 bits per heavy atom. The van der Waals surface area contributed by atoms with Crippen LogP contribution in [0, 0.1) is 11.9 Å². The number of nitrogens with zero attached hydrogens (tertiary/aromatic N) is 1. The number of hydrogen-bond acceptors (Lipinski definition) is 3. The largest absolute Gasteiger partial charge is 0.512 e. The van der Waals surface area contributed by atoms with Gasteiger partial charge in [-0.05, 0) is 81.9 Å². The number of carbonyl (C=O) groups excluding carboxylic acids is 1. The van der Waals surface area contributed by atoms with Crippen molar-refractivity contribution in [2.75, 3.05) is 0 Å². The Bertz CT molecular complexity index is 1660. The van der Waals surface area contributed by atoms with E-state index >= 15 is 0 Å². The van der Waals surface area contributed by atoms with Crippen molar-refractivity contribution in [2.45, 2.75) is 53.4 Å². The number of aromatic nitrogens is 1. The molecule has 0 aliphatic rings. The third-order valence-electron chi connectivity index (χ3n) is 6.59. The molecule has 0 unspecified atom stereocenters. The number of allylic oxidation sites excluding steroid dienone is 2. The second kappa shape index (κ2) is 12.6. The summed E-state index contributed by atoms with van der Waals surface area (Å²) in [4.78, 5) is 14.8. The van der Waals surface area contributed by atoms with Crippen molar-refractivity contribution >= 4 is 38.1 Å². The molecule has 0 spiro atoms. The summed E-state index contributed by atoms with van der Waals surface area (Å²) in [6.45, 7) is 11.7. The van der Waals surface area contributed by atoms with Crippen LogP contribution in [-0.2, 0) is 24.9 Å². The SMILES string of the molecule is CC(=O)/C=C(/C)O.CC(C)c1[c-]c(-c2nccc3c2ccc2c4ccc(F)cc4ccc32)cc(C(C)C)c1.[Ir]. The van der Waals surface area contributed by atoms with Crippen molar-refractivity contribution in [2.24, 2.45) is 0 Å². The summed E-state index contributed by atoms with van der Waals surface area (Å²) < 4.78 is 13.7. The van der Waals surface area contributed by atoms with Gasteiger partial charge in [-0.3, -0.25) is 4.79 Å². The zero-order chi connectivity index (χ0) is 27.6. The van der Waals surface area contributed by atoms with Crippen LogP contribution in [-0.4, -0.2) is 15.9 Å². The number of fused-ring (bicyclic) bond motifs is 5. The Morgan fingerprint density at radius 3 is 2.08 bits per heavy atom. The minimum absolute atomic E-state index is 0. The molecule has 0 bridgehead atoms. The predicted molar refractivity (Wildman–Crippen MR) is 156 cm³/mol. The van der Waals surface area contributed by atoms with E-state index in [0.29, 0.717) is 11.8 Å². The van der Waals surface area contributed by atoms with Gasteiger partial charge in [-0.1, -0.05) is 58.0 Å². The van der Waals surface area contributed by atoms with Crippen LogP contribution in [0.5, 0.6) is 0 Å². The van der Waals surface area contributed by atoms with E-state index in [-0.39, 0.29) is 37.5 Å². The maximum atomic E-state index is 13.7. The van der Waals surface area contributed by atoms with Crippen molar-refractivity contribution in [3.05, 3.63) is 102 Å². The number of ketones is 1. The normalized spacial score (nSPS) is 11.6. The second-order valence-corrected chi connectivity index (χ2v) is 10.3. The zero-order valence-corrected chi connectivity index (χ0v) is 25.5. The fourth-order valence-corrected chi connectivity index (χ4v) is 4.68. The maximum Gasteiger partial charge on any atom is 0.155 e. The molecule has 0 atom stereocenters. The Hall–Kier alpha value is -3.40. The Labute approximate surface area is 243 Å². The van der Waals surface area contributed by atoms with Crippen LogP contribution in [0.25, 0.3) is 43.6 Å². The van der Waals surface area contributed by atoms with Gasteiger partial charge in [0.25, 0.3) is 0 Å². The molecule has 203 valence electrons. The fourth-order valence-electron chi connectivity index (χ4n) is 4.68. The number of halogens is 1. The molecule has 0 amide bonds. The third-order valence-corrected chi connectivity index (χ3v) is 6.59. The third kappa shape index (κ3) is 6.79. The Kier molecular flexibility index (Phi) is 9.77. The van der Waals surface area contributed by atoms with Crippen molar-refractivity contribution in [3.63, 3.8) is 0 Å². The molecule has 5 rings (SSSR count). The standard InChI is InChI=1S/C29H25FN.C5H8O2.Ir/c1-17(2)20-13-21(18(3)4)15-22(14-20)29-28-10-9-25-24-8-6-23(30)16-19(24)5-7-26(25)27(28)11-12-31-29;1-4(6)3-5(2)7;/h5-14,16-18H,1-4H3;3,6H,1-2H3;/q-1;;/b;4-3-;. The first-order valence-electron chi connectivity index (χ1n) is 12.9. The zero-order valence-electron chi connectivity index (χ0n) is 23.1. The molecular formula is C34H33FIrNO2-. The minimum atomic E-state index is -0.208. The number of aliphatic hydroxyl groups is 1. The van der Waals surface area contributed by atoms with Crippen molar-refractivity contribution < 1.29 is 34.4 Å². The van der Waals surface area contributed by atoms with Gasteiger partial charge in [-0.25, -0.2) is 4.39 Å². The first-order chi connectivity index (χ1) is 18.0. The van der Waals surface area contributed by atoms with Crippen LogP contribution in [0.2, 0.25) is 0 Å². The molecule has 0 fully saturated rings. The van der Waals surface area contributed by atoms with Crippen LogP contribution in [0.1, 0.15) is 64.5 Å². The molecule has 4 aromatic carbocycles. The molecule has 1 N–H and O–H groups in total. The molecule has 0 saturated heterocycles. The van der Waals surface area contributed by atoms with E-state index in [1.54, 1.807) is 6.07 Å². The van der Waals surface area contributed by atoms with Gasteiger partial charge in [0.2, 0.25) is 0 Å². The van der Waals surface area contributed by atoms with E-state index in [1.807, 2.05) is 18.3 Å².